The third-order valence-electron chi connectivity index (χ3n) is 6.35. The minimum Gasteiger partial charge on any atom is -0.297 e. The molecule has 0 amide bonds. The van der Waals surface area contributed by atoms with E-state index in [0.29, 0.717) is 5.78 Å². The van der Waals surface area contributed by atoms with Gasteiger partial charge in [-0.2, -0.15) is 0 Å². The Morgan fingerprint density at radius 2 is 1.89 bits per heavy atom. The topological polar surface area (TPSA) is 33.2 Å². The molecule has 2 aromatic carbocycles. The second-order valence-electron chi connectivity index (χ2n) is 8.32. The Balaban J connectivity index is 1.39. The average Bonchev–Trinajstić information content (AvgIpc) is 3.13. The molecule has 142 valence electrons. The van der Waals surface area contributed by atoms with Crippen LogP contribution in [0.5, 0.6) is 0 Å². The van der Waals surface area contributed by atoms with Crippen molar-refractivity contribution < 1.29 is 4.79 Å². The second-order valence-corrected chi connectivity index (χ2v) is 8.32. The Morgan fingerprint density at radius 3 is 2.75 bits per heavy atom. The van der Waals surface area contributed by atoms with Gasteiger partial charge in [0.25, 0.3) is 0 Å². The molecule has 1 aliphatic carbocycles. The van der Waals surface area contributed by atoms with Gasteiger partial charge in [-0.3, -0.25) is 14.7 Å². The molecule has 2 aliphatic rings. The maximum atomic E-state index is 13.5. The van der Waals surface area contributed by atoms with Gasteiger partial charge in [-0.15, -0.1) is 0 Å². The van der Waals surface area contributed by atoms with Crippen molar-refractivity contribution in [3.05, 3.63) is 76.6 Å². The van der Waals surface area contributed by atoms with Gasteiger partial charge in [0, 0.05) is 30.3 Å². The fourth-order valence-electron chi connectivity index (χ4n) is 5.01. The van der Waals surface area contributed by atoms with Crippen LogP contribution in [-0.2, 0) is 19.4 Å². The van der Waals surface area contributed by atoms with Crippen LogP contribution in [-0.4, -0.2) is 28.8 Å². The first-order valence-electron chi connectivity index (χ1n) is 10.4. The highest BCUT2D eigenvalue weighted by molar-refractivity contribution is 6.11. The van der Waals surface area contributed by atoms with Gasteiger partial charge in [0.05, 0.1) is 5.69 Å². The average molecular weight is 370 g/mol. The maximum Gasteiger partial charge on any atom is 0.167 e. The molecule has 0 unspecified atom stereocenters. The molecule has 0 bridgehead atoms. The van der Waals surface area contributed by atoms with Crippen molar-refractivity contribution in [3.8, 4) is 0 Å². The number of benzene rings is 2. The Bertz CT molecular complexity index is 1050. The molecule has 3 nitrogen and oxygen atoms in total. The lowest BCUT2D eigenvalue weighted by atomic mass is 9.87. The van der Waals surface area contributed by atoms with Crippen LogP contribution in [0.2, 0.25) is 0 Å². The molecule has 0 saturated carbocycles. The number of carbonyl (C=O) groups is 1. The van der Waals surface area contributed by atoms with E-state index in [0.717, 1.165) is 67.7 Å². The standard InChI is InChI=1S/C25H26N2O/c1-17-5-2-8-21(26-17)16-27-14-4-7-20(15-27)25(28)23-13-12-19-11-10-18-6-3-9-22(23)24(18)19/h2-3,5-6,8-9,12-13,20H,4,7,10-11,14-16H2,1H3/t20-/m0/s1. The summed E-state index contributed by atoms with van der Waals surface area (Å²) in [6.07, 6.45) is 4.26. The number of rotatable bonds is 4. The van der Waals surface area contributed by atoms with Gasteiger partial charge in [-0.05, 0) is 73.2 Å². The van der Waals surface area contributed by atoms with Gasteiger partial charge >= 0.3 is 0 Å². The second kappa shape index (κ2) is 7.14. The van der Waals surface area contributed by atoms with Crippen molar-refractivity contribution in [2.75, 3.05) is 13.1 Å². The van der Waals surface area contributed by atoms with E-state index in [1.807, 2.05) is 13.0 Å². The number of hydrogen-bond acceptors (Lipinski definition) is 3. The highest BCUT2D eigenvalue weighted by Crippen LogP contribution is 2.34. The highest BCUT2D eigenvalue weighted by Gasteiger charge is 2.28. The van der Waals surface area contributed by atoms with Crippen molar-refractivity contribution in [3.63, 3.8) is 0 Å². The van der Waals surface area contributed by atoms with Gasteiger partial charge < -0.3 is 0 Å². The molecule has 1 aliphatic heterocycles. The van der Waals surface area contributed by atoms with Gasteiger partial charge in [0.1, 0.15) is 0 Å². The van der Waals surface area contributed by atoms with E-state index >= 15 is 0 Å². The maximum absolute atomic E-state index is 13.5. The first-order valence-corrected chi connectivity index (χ1v) is 10.4. The molecule has 2 heterocycles. The normalized spacial score (nSPS) is 19.2. The molecule has 0 spiro atoms. The predicted octanol–water partition coefficient (Wildman–Crippen LogP) is 4.74. The van der Waals surface area contributed by atoms with Gasteiger partial charge in [-0.1, -0.05) is 36.4 Å². The predicted molar refractivity (Wildman–Crippen MR) is 113 cm³/mol. The number of Topliss-reactive ketones (excluding diaryl/α,β-unsaturated/α-hetero) is 1. The molecule has 1 fully saturated rings. The summed E-state index contributed by atoms with van der Waals surface area (Å²) in [5.74, 6) is 0.398. The molecule has 0 radical (unpaired) electrons. The van der Waals surface area contributed by atoms with E-state index in [4.69, 9.17) is 0 Å². The number of aryl methyl sites for hydroxylation is 3. The molecule has 5 rings (SSSR count). The van der Waals surface area contributed by atoms with E-state index in [1.54, 1.807) is 0 Å². The van der Waals surface area contributed by atoms with Crippen LogP contribution in [0.4, 0.5) is 0 Å². The lowest BCUT2D eigenvalue weighted by Gasteiger charge is -2.32. The lowest BCUT2D eigenvalue weighted by Crippen LogP contribution is -2.38. The van der Waals surface area contributed by atoms with Gasteiger partial charge in [0.15, 0.2) is 5.78 Å². The van der Waals surface area contributed by atoms with Crippen molar-refractivity contribution in [1.29, 1.82) is 0 Å². The van der Waals surface area contributed by atoms with Crippen LogP contribution in [0.3, 0.4) is 0 Å². The van der Waals surface area contributed by atoms with E-state index in [-0.39, 0.29) is 5.92 Å². The molecule has 1 aromatic heterocycles. The third-order valence-corrected chi connectivity index (χ3v) is 6.35. The lowest BCUT2D eigenvalue weighted by molar-refractivity contribution is 0.0812. The van der Waals surface area contributed by atoms with Crippen LogP contribution in [0, 0.1) is 12.8 Å². The van der Waals surface area contributed by atoms with Crippen LogP contribution in [0.15, 0.2) is 48.5 Å². The molecule has 1 atom stereocenters. The van der Waals surface area contributed by atoms with Gasteiger partial charge in [-0.25, -0.2) is 0 Å². The van der Waals surface area contributed by atoms with Crippen LogP contribution < -0.4 is 0 Å². The number of aromatic nitrogens is 1. The van der Waals surface area contributed by atoms with Crippen molar-refractivity contribution in [2.45, 2.75) is 39.2 Å². The quantitative estimate of drug-likeness (QED) is 0.622. The summed E-state index contributed by atoms with van der Waals surface area (Å²) < 4.78 is 0. The molecular weight excluding hydrogens is 344 g/mol. The first-order chi connectivity index (χ1) is 13.7. The number of hydrogen-bond donors (Lipinski definition) is 0. The largest absolute Gasteiger partial charge is 0.297 e. The van der Waals surface area contributed by atoms with E-state index in [1.165, 1.54) is 16.5 Å². The van der Waals surface area contributed by atoms with Gasteiger partial charge in [0.2, 0.25) is 0 Å². The minimum atomic E-state index is 0.0806. The summed E-state index contributed by atoms with van der Waals surface area (Å²) in [7, 11) is 0. The molecule has 3 aromatic rings. The number of carbonyl (C=O) groups excluding carboxylic acids is 1. The zero-order valence-electron chi connectivity index (χ0n) is 16.4. The summed E-state index contributed by atoms with van der Waals surface area (Å²) in [5, 5.41) is 2.50. The number of likely N-dealkylation sites (tertiary alicyclic amines) is 1. The summed E-state index contributed by atoms with van der Waals surface area (Å²) in [6.45, 7) is 4.73. The summed E-state index contributed by atoms with van der Waals surface area (Å²) in [6, 6.07) is 16.9. The smallest absolute Gasteiger partial charge is 0.167 e. The Morgan fingerprint density at radius 1 is 1.07 bits per heavy atom. The number of piperidine rings is 1. The minimum absolute atomic E-state index is 0.0806. The Labute approximate surface area is 166 Å². The number of nitrogens with zero attached hydrogens (tertiary/aromatic N) is 2. The zero-order valence-corrected chi connectivity index (χ0v) is 16.4. The fraction of sp³-hybridized carbons (Fsp3) is 0.360. The number of pyridine rings is 1. The van der Waals surface area contributed by atoms with E-state index in [2.05, 4.69) is 52.3 Å². The van der Waals surface area contributed by atoms with E-state index < -0.39 is 0 Å². The summed E-state index contributed by atoms with van der Waals surface area (Å²) in [5.41, 5.74) is 5.87. The molecule has 3 heteroatoms. The van der Waals surface area contributed by atoms with Crippen LogP contribution >= 0.6 is 0 Å². The highest BCUT2D eigenvalue weighted by atomic mass is 16.1. The molecular formula is C25H26N2O. The number of ketones is 1. The zero-order chi connectivity index (χ0) is 19.1. The Hall–Kier alpha value is -2.52. The summed E-state index contributed by atoms with van der Waals surface area (Å²) >= 11 is 0. The molecule has 1 saturated heterocycles. The molecule has 28 heavy (non-hydrogen) atoms. The van der Waals surface area contributed by atoms with Crippen molar-refractivity contribution >= 4 is 16.6 Å². The first kappa shape index (κ1) is 17.6. The monoisotopic (exact) mass is 370 g/mol. The Kier molecular flexibility index (Phi) is 4.48. The third kappa shape index (κ3) is 3.14. The van der Waals surface area contributed by atoms with Crippen molar-refractivity contribution in [1.82, 2.24) is 9.88 Å². The SMILES string of the molecule is Cc1cccc(CN2CCC[C@H](C(=O)c3ccc4c5c(cccc35)CC4)C2)n1. The molecule has 0 N–H and O–H groups in total. The van der Waals surface area contributed by atoms with E-state index in [9.17, 15) is 4.79 Å². The fourth-order valence-corrected chi connectivity index (χ4v) is 5.01. The van der Waals surface area contributed by atoms with Crippen LogP contribution in [0.1, 0.15) is 45.7 Å². The van der Waals surface area contributed by atoms with Crippen LogP contribution in [0.25, 0.3) is 10.8 Å². The van der Waals surface area contributed by atoms with Crippen molar-refractivity contribution in [2.24, 2.45) is 5.92 Å². The summed E-state index contributed by atoms with van der Waals surface area (Å²) in [4.78, 5) is 20.5.